The molecule has 1 fully saturated rings. The Labute approximate surface area is 92.8 Å². The van der Waals surface area contributed by atoms with Crippen molar-refractivity contribution in [2.24, 2.45) is 0 Å². The van der Waals surface area contributed by atoms with Gasteiger partial charge in [0.15, 0.2) is 0 Å². The van der Waals surface area contributed by atoms with Crippen LogP contribution in [0.2, 0.25) is 0 Å². The van der Waals surface area contributed by atoms with E-state index >= 15 is 0 Å². The van der Waals surface area contributed by atoms with Gasteiger partial charge in [0.25, 0.3) is 0 Å². The third-order valence-electron chi connectivity index (χ3n) is 0.742. The van der Waals surface area contributed by atoms with Gasteiger partial charge in [-0.15, -0.1) is 6.54 Å². The van der Waals surface area contributed by atoms with Crippen molar-refractivity contribution in [3.8, 4) is 0 Å². The van der Waals surface area contributed by atoms with Crippen LogP contribution in [-0.4, -0.2) is 34.4 Å². The predicted molar refractivity (Wildman–Crippen MR) is 37.4 cm³/mol. The molecule has 8 heteroatoms. The first-order chi connectivity index (χ1) is 5.00. The molecule has 1 saturated heterocycles. The van der Waals surface area contributed by atoms with Gasteiger partial charge in [-0.25, -0.2) is 4.57 Å². The first-order valence-electron chi connectivity index (χ1n) is 2.92. The second-order valence-corrected chi connectivity index (χ2v) is 2.78. The van der Waals surface area contributed by atoms with Crippen molar-refractivity contribution in [2.45, 2.75) is 0 Å². The Hall–Kier alpha value is 1.03. The van der Waals surface area contributed by atoms with Gasteiger partial charge in [0.2, 0.25) is 0 Å². The number of ether oxygens (including phenoxy) is 1. The number of nitrogens with one attached hydrogen (secondary N) is 1. The normalized spacial score (nSPS) is 16.9. The quantitative estimate of drug-likeness (QED) is 0.183. The minimum Gasteiger partial charge on any atom is -0.550 e. The summed E-state index contributed by atoms with van der Waals surface area (Å²) in [6.07, 6.45) is 0. The zero-order valence-electron chi connectivity index (χ0n) is 6.80. The summed E-state index contributed by atoms with van der Waals surface area (Å²) in [5.41, 5.74) is 0. The number of hydrogen-bond acceptors (Lipinski definition) is 3. The fraction of sp³-hybridized carbons (Fsp3) is 0.750. The molecule has 0 saturated carbocycles. The van der Waals surface area contributed by atoms with Crippen molar-refractivity contribution in [3.05, 3.63) is 6.61 Å². The van der Waals surface area contributed by atoms with Gasteiger partial charge >= 0.3 is 37.4 Å². The van der Waals surface area contributed by atoms with Gasteiger partial charge in [-0.3, -0.25) is 0 Å². The predicted octanol–water partition coefficient (Wildman–Crippen LogP) is -4.16. The molecule has 6 nitrogen and oxygen atoms in total. The van der Waals surface area contributed by atoms with E-state index in [1.165, 1.54) is 0 Å². The van der Waals surface area contributed by atoms with Crippen LogP contribution in [0.4, 0.5) is 0 Å². The summed E-state index contributed by atoms with van der Waals surface area (Å²) in [7, 11) is -4.64. The standard InChI is InChI=1S/C4H8NO.Na.H3O4P/c1-3-6-4-2-5-1;;1-5(2,3)4/h3,5H,1-2,4H2;;(H3,1,2,3,4)/q-1;+1;. The summed E-state index contributed by atoms with van der Waals surface area (Å²) in [6, 6.07) is 0. The van der Waals surface area contributed by atoms with Crippen molar-refractivity contribution < 1.29 is 53.5 Å². The summed E-state index contributed by atoms with van der Waals surface area (Å²) in [5, 5.41) is 3.10. The van der Waals surface area contributed by atoms with E-state index in [1.54, 1.807) is 6.61 Å². The molecular formula is C4H11NNaO5P. The molecule has 1 heterocycles. The topological polar surface area (TPSA) is 99.0 Å². The van der Waals surface area contributed by atoms with E-state index in [1.807, 2.05) is 0 Å². The average molecular weight is 207 g/mol. The molecule has 1 rings (SSSR count). The van der Waals surface area contributed by atoms with E-state index in [4.69, 9.17) is 24.0 Å². The molecule has 68 valence electrons. The molecule has 0 aliphatic carbocycles. The van der Waals surface area contributed by atoms with E-state index in [0.29, 0.717) is 0 Å². The van der Waals surface area contributed by atoms with Gasteiger partial charge in [0.1, 0.15) is 0 Å². The zero-order valence-corrected chi connectivity index (χ0v) is 9.70. The molecule has 4 N–H and O–H groups in total. The van der Waals surface area contributed by atoms with Crippen molar-refractivity contribution in [3.63, 3.8) is 0 Å². The molecule has 0 amide bonds. The molecule has 0 spiro atoms. The Morgan fingerprint density at radius 3 is 2.00 bits per heavy atom. The summed E-state index contributed by atoms with van der Waals surface area (Å²) < 4.78 is 13.8. The van der Waals surface area contributed by atoms with Crippen molar-refractivity contribution in [1.29, 1.82) is 0 Å². The van der Waals surface area contributed by atoms with Crippen LogP contribution >= 0.6 is 7.82 Å². The summed E-state index contributed by atoms with van der Waals surface area (Å²) in [4.78, 5) is 21.6. The van der Waals surface area contributed by atoms with E-state index in [9.17, 15) is 0 Å². The Bertz CT molecular complexity index is 116. The SMILES string of the molecule is O=P(O)(O)O.[CH-]1CNCCO1.[Na+]. The molecule has 1 aliphatic rings. The smallest absolute Gasteiger partial charge is 0.550 e. The van der Waals surface area contributed by atoms with Crippen molar-refractivity contribution in [2.75, 3.05) is 19.7 Å². The second kappa shape index (κ2) is 8.62. The van der Waals surface area contributed by atoms with E-state index in [0.717, 1.165) is 19.7 Å². The minimum absolute atomic E-state index is 0. The van der Waals surface area contributed by atoms with Crippen molar-refractivity contribution >= 4 is 7.82 Å². The van der Waals surface area contributed by atoms with E-state index in [-0.39, 0.29) is 29.6 Å². The van der Waals surface area contributed by atoms with Crippen LogP contribution in [0, 0.1) is 6.61 Å². The second-order valence-electron chi connectivity index (χ2n) is 1.75. The molecule has 1 aliphatic heterocycles. The zero-order chi connectivity index (χ0) is 8.74. The summed E-state index contributed by atoms with van der Waals surface area (Å²) >= 11 is 0. The molecule has 0 aromatic heterocycles. The third kappa shape index (κ3) is 22.5. The number of phosphoric acid groups is 1. The molecule has 0 aromatic carbocycles. The average Bonchev–Trinajstić information content (AvgIpc) is 1.88. The van der Waals surface area contributed by atoms with Crippen LogP contribution < -0.4 is 34.9 Å². The Morgan fingerprint density at radius 2 is 1.92 bits per heavy atom. The molecule has 0 unspecified atom stereocenters. The van der Waals surface area contributed by atoms with E-state index in [2.05, 4.69) is 5.32 Å². The first kappa shape index (κ1) is 15.5. The van der Waals surface area contributed by atoms with Gasteiger partial charge in [-0.2, -0.15) is 6.61 Å². The van der Waals surface area contributed by atoms with E-state index < -0.39 is 7.82 Å². The largest absolute Gasteiger partial charge is 1.00 e. The fourth-order valence-electron chi connectivity index (χ4n) is 0.434. The van der Waals surface area contributed by atoms with Gasteiger partial charge in [0, 0.05) is 13.2 Å². The Morgan fingerprint density at radius 1 is 1.42 bits per heavy atom. The summed E-state index contributed by atoms with van der Waals surface area (Å²) in [6.45, 7) is 4.51. The molecule has 12 heavy (non-hydrogen) atoms. The third-order valence-corrected chi connectivity index (χ3v) is 0.742. The summed E-state index contributed by atoms with van der Waals surface area (Å²) in [5.74, 6) is 0. The van der Waals surface area contributed by atoms with Gasteiger partial charge in [0.05, 0.1) is 0 Å². The van der Waals surface area contributed by atoms with Gasteiger partial charge < -0.3 is 24.7 Å². The molecule has 0 radical (unpaired) electrons. The maximum atomic E-state index is 8.88. The molecule has 0 atom stereocenters. The fourth-order valence-corrected chi connectivity index (χ4v) is 0.434. The number of rotatable bonds is 0. The van der Waals surface area contributed by atoms with Crippen LogP contribution in [0.25, 0.3) is 0 Å². The molecular weight excluding hydrogens is 196 g/mol. The minimum atomic E-state index is -4.64. The first-order valence-corrected chi connectivity index (χ1v) is 4.49. The Kier molecular flexibility index (Phi) is 11.1. The van der Waals surface area contributed by atoms with Gasteiger partial charge in [-0.05, 0) is 0 Å². The number of morpholine rings is 1. The number of hydrogen-bond donors (Lipinski definition) is 4. The van der Waals surface area contributed by atoms with Gasteiger partial charge in [-0.1, -0.05) is 0 Å². The maximum Gasteiger partial charge on any atom is 1.00 e. The Balaban J connectivity index is 0. The molecule has 0 bridgehead atoms. The van der Waals surface area contributed by atoms with Crippen LogP contribution in [0.1, 0.15) is 0 Å². The van der Waals surface area contributed by atoms with Crippen LogP contribution in [0.15, 0.2) is 0 Å². The van der Waals surface area contributed by atoms with Crippen LogP contribution in [0.5, 0.6) is 0 Å². The monoisotopic (exact) mass is 207 g/mol. The maximum absolute atomic E-state index is 8.88. The van der Waals surface area contributed by atoms with Crippen LogP contribution in [-0.2, 0) is 9.30 Å². The van der Waals surface area contributed by atoms with Crippen LogP contribution in [0.3, 0.4) is 0 Å². The van der Waals surface area contributed by atoms with Crippen molar-refractivity contribution in [1.82, 2.24) is 5.32 Å². The molecule has 0 aromatic rings.